The molecule has 0 saturated carbocycles. The van der Waals surface area contributed by atoms with Crippen LogP contribution in [0.4, 0.5) is 33.3 Å². The van der Waals surface area contributed by atoms with Gasteiger partial charge in [-0.1, -0.05) is 0 Å². The van der Waals surface area contributed by atoms with Crippen molar-refractivity contribution in [1.29, 1.82) is 0 Å². The van der Waals surface area contributed by atoms with Crippen molar-refractivity contribution in [1.82, 2.24) is 0 Å². The van der Waals surface area contributed by atoms with E-state index in [4.69, 9.17) is 5.73 Å². The minimum Gasteiger partial charge on any atom is -0.397 e. The van der Waals surface area contributed by atoms with Crippen LogP contribution in [0.15, 0.2) is 12.1 Å². The molecule has 0 aliphatic carbocycles. The zero-order chi connectivity index (χ0) is 12.3. The van der Waals surface area contributed by atoms with Gasteiger partial charge in [-0.2, -0.15) is 13.2 Å². The van der Waals surface area contributed by atoms with Crippen LogP contribution in [-0.2, 0) is 0 Å². The molecule has 0 amide bonds. The SMILES string of the molecule is Nc1ccc(F)c(F)c1NCCC(F)(F)F. The van der Waals surface area contributed by atoms with Crippen LogP contribution >= 0.6 is 0 Å². The molecule has 2 nitrogen and oxygen atoms in total. The number of hydrogen-bond acceptors (Lipinski definition) is 2. The molecule has 90 valence electrons. The Kier molecular flexibility index (Phi) is 3.56. The number of nitrogen functional groups attached to an aromatic ring is 1. The Balaban J connectivity index is 2.71. The average molecular weight is 240 g/mol. The van der Waals surface area contributed by atoms with Crippen molar-refractivity contribution in [3.05, 3.63) is 23.8 Å². The third-order valence-corrected chi connectivity index (χ3v) is 1.84. The molecule has 7 heteroatoms. The number of anilines is 2. The average Bonchev–Trinajstić information content (AvgIpc) is 2.16. The van der Waals surface area contributed by atoms with Gasteiger partial charge in [0.15, 0.2) is 11.6 Å². The molecular formula is C9H9F5N2. The van der Waals surface area contributed by atoms with Gasteiger partial charge in [0.25, 0.3) is 0 Å². The van der Waals surface area contributed by atoms with E-state index < -0.39 is 36.5 Å². The molecule has 0 aromatic heterocycles. The second kappa shape index (κ2) is 4.54. The molecule has 0 radical (unpaired) electrons. The maximum atomic E-state index is 13.1. The lowest BCUT2D eigenvalue weighted by molar-refractivity contribution is -0.131. The van der Waals surface area contributed by atoms with Gasteiger partial charge in [-0.25, -0.2) is 8.78 Å². The Hall–Kier alpha value is -1.53. The molecule has 1 rings (SSSR count). The highest BCUT2D eigenvalue weighted by molar-refractivity contribution is 5.66. The van der Waals surface area contributed by atoms with Crippen molar-refractivity contribution in [3.8, 4) is 0 Å². The monoisotopic (exact) mass is 240 g/mol. The topological polar surface area (TPSA) is 38.0 Å². The smallest absolute Gasteiger partial charge is 0.390 e. The van der Waals surface area contributed by atoms with E-state index in [1.54, 1.807) is 0 Å². The van der Waals surface area contributed by atoms with E-state index in [9.17, 15) is 22.0 Å². The van der Waals surface area contributed by atoms with Gasteiger partial charge in [0.05, 0.1) is 17.8 Å². The molecule has 16 heavy (non-hydrogen) atoms. The van der Waals surface area contributed by atoms with Crippen LogP contribution < -0.4 is 11.1 Å². The lowest BCUT2D eigenvalue weighted by Crippen LogP contribution is -2.16. The number of alkyl halides is 3. The largest absolute Gasteiger partial charge is 0.397 e. The Labute approximate surface area is 88.2 Å². The van der Waals surface area contributed by atoms with Crippen molar-refractivity contribution < 1.29 is 22.0 Å². The zero-order valence-electron chi connectivity index (χ0n) is 8.04. The second-order valence-electron chi connectivity index (χ2n) is 3.12. The van der Waals surface area contributed by atoms with Crippen LogP contribution in [0.2, 0.25) is 0 Å². The highest BCUT2D eigenvalue weighted by atomic mass is 19.4. The van der Waals surface area contributed by atoms with Crippen LogP contribution in [0.25, 0.3) is 0 Å². The summed E-state index contributed by atoms with van der Waals surface area (Å²) in [5.41, 5.74) is 4.71. The van der Waals surface area contributed by atoms with E-state index >= 15 is 0 Å². The van der Waals surface area contributed by atoms with Gasteiger partial charge in [-0.05, 0) is 12.1 Å². The van der Waals surface area contributed by atoms with E-state index in [0.29, 0.717) is 0 Å². The van der Waals surface area contributed by atoms with Crippen LogP contribution in [0.3, 0.4) is 0 Å². The summed E-state index contributed by atoms with van der Waals surface area (Å²) >= 11 is 0. The molecular weight excluding hydrogens is 231 g/mol. The van der Waals surface area contributed by atoms with Gasteiger partial charge in [0.2, 0.25) is 0 Å². The molecule has 3 N–H and O–H groups in total. The Morgan fingerprint density at radius 2 is 1.81 bits per heavy atom. The second-order valence-corrected chi connectivity index (χ2v) is 3.12. The first kappa shape index (κ1) is 12.5. The Morgan fingerprint density at radius 1 is 1.19 bits per heavy atom. The standard InChI is InChI=1S/C9H9F5N2/c10-5-1-2-6(15)8(7(5)11)16-4-3-9(12,13)14/h1-2,16H,3-4,15H2. The molecule has 0 fully saturated rings. The van der Waals surface area contributed by atoms with Gasteiger partial charge in [0, 0.05) is 6.54 Å². The van der Waals surface area contributed by atoms with Gasteiger partial charge < -0.3 is 11.1 Å². The predicted molar refractivity (Wildman–Crippen MR) is 49.9 cm³/mol. The number of nitrogens with one attached hydrogen (secondary N) is 1. The third-order valence-electron chi connectivity index (χ3n) is 1.84. The van der Waals surface area contributed by atoms with E-state index in [1.165, 1.54) is 0 Å². The highest BCUT2D eigenvalue weighted by Crippen LogP contribution is 2.25. The summed E-state index contributed by atoms with van der Waals surface area (Å²) in [5.74, 6) is -2.44. The first-order valence-electron chi connectivity index (χ1n) is 4.35. The van der Waals surface area contributed by atoms with Crippen LogP contribution in [0.5, 0.6) is 0 Å². The van der Waals surface area contributed by atoms with Crippen molar-refractivity contribution in [3.63, 3.8) is 0 Å². The molecule has 1 aromatic rings. The van der Waals surface area contributed by atoms with E-state index in [2.05, 4.69) is 5.32 Å². The maximum Gasteiger partial charge on any atom is 0.390 e. The number of halogens is 5. The van der Waals surface area contributed by atoms with Gasteiger partial charge >= 0.3 is 6.18 Å². The lowest BCUT2D eigenvalue weighted by atomic mass is 10.2. The Morgan fingerprint density at radius 3 is 2.38 bits per heavy atom. The molecule has 1 aromatic carbocycles. The van der Waals surface area contributed by atoms with E-state index in [0.717, 1.165) is 12.1 Å². The first-order chi connectivity index (χ1) is 7.31. The lowest BCUT2D eigenvalue weighted by Gasteiger charge is -2.11. The summed E-state index contributed by atoms with van der Waals surface area (Å²) in [5, 5.41) is 2.12. The fourth-order valence-corrected chi connectivity index (χ4v) is 1.07. The Bertz CT molecular complexity index is 375. The zero-order valence-corrected chi connectivity index (χ0v) is 8.04. The quantitative estimate of drug-likeness (QED) is 0.629. The highest BCUT2D eigenvalue weighted by Gasteiger charge is 2.26. The number of nitrogens with two attached hydrogens (primary N) is 1. The van der Waals surface area contributed by atoms with Crippen molar-refractivity contribution in [2.24, 2.45) is 0 Å². The van der Waals surface area contributed by atoms with Crippen LogP contribution in [-0.4, -0.2) is 12.7 Å². The third kappa shape index (κ3) is 3.25. The minimum atomic E-state index is -4.36. The number of benzene rings is 1. The summed E-state index contributed by atoms with van der Waals surface area (Å²) in [7, 11) is 0. The van der Waals surface area contributed by atoms with E-state index in [-0.39, 0.29) is 5.69 Å². The van der Waals surface area contributed by atoms with Crippen LogP contribution in [0, 0.1) is 11.6 Å². The van der Waals surface area contributed by atoms with Crippen molar-refractivity contribution in [2.45, 2.75) is 12.6 Å². The number of rotatable bonds is 3. The van der Waals surface area contributed by atoms with Crippen molar-refractivity contribution >= 4 is 11.4 Å². The van der Waals surface area contributed by atoms with Crippen molar-refractivity contribution in [2.75, 3.05) is 17.6 Å². The molecule has 0 aliphatic rings. The first-order valence-corrected chi connectivity index (χ1v) is 4.35. The molecule has 0 unspecified atom stereocenters. The summed E-state index contributed by atoms with van der Waals surface area (Å²) < 4.78 is 61.2. The molecule has 0 atom stereocenters. The summed E-state index contributed by atoms with van der Waals surface area (Å²) in [4.78, 5) is 0. The van der Waals surface area contributed by atoms with Crippen LogP contribution in [0.1, 0.15) is 6.42 Å². The molecule has 0 spiro atoms. The fourth-order valence-electron chi connectivity index (χ4n) is 1.07. The maximum absolute atomic E-state index is 13.1. The minimum absolute atomic E-state index is 0.138. The molecule has 0 saturated heterocycles. The molecule has 0 heterocycles. The predicted octanol–water partition coefficient (Wildman–Crippen LogP) is 2.91. The fraction of sp³-hybridized carbons (Fsp3) is 0.333. The molecule has 0 aliphatic heterocycles. The van der Waals surface area contributed by atoms with Gasteiger partial charge in [-0.15, -0.1) is 0 Å². The summed E-state index contributed by atoms with van der Waals surface area (Å²) in [6, 6.07) is 1.88. The molecule has 0 bridgehead atoms. The van der Waals surface area contributed by atoms with Gasteiger partial charge in [-0.3, -0.25) is 0 Å². The summed E-state index contributed by atoms with van der Waals surface area (Å²) in [6.07, 6.45) is -5.51. The van der Waals surface area contributed by atoms with Gasteiger partial charge in [0.1, 0.15) is 0 Å². The normalized spacial score (nSPS) is 11.6. The number of hydrogen-bond donors (Lipinski definition) is 2. The summed E-state index contributed by atoms with van der Waals surface area (Å²) in [6.45, 7) is -0.561. The van der Waals surface area contributed by atoms with E-state index in [1.807, 2.05) is 0 Å².